The molecular weight excluding hydrogens is 478 g/mol. The molecule has 0 aliphatic heterocycles. The predicted octanol–water partition coefficient (Wildman–Crippen LogP) is 6.86. The molecule has 1 aliphatic carbocycles. The first-order chi connectivity index (χ1) is 18.1. The van der Waals surface area contributed by atoms with Crippen molar-refractivity contribution >= 4 is 28.2 Å². The van der Waals surface area contributed by atoms with Gasteiger partial charge in [-0.05, 0) is 87.8 Å². The van der Waals surface area contributed by atoms with Gasteiger partial charge in [-0.15, -0.1) is 11.3 Å². The zero-order valence-corrected chi connectivity index (χ0v) is 22.9. The Morgan fingerprint density at radius 2 is 1.57 bits per heavy atom. The normalized spacial score (nSPS) is 13.7. The summed E-state index contributed by atoms with van der Waals surface area (Å²) in [5.74, 6) is -0.260. The van der Waals surface area contributed by atoms with Gasteiger partial charge in [0, 0.05) is 10.4 Å². The minimum atomic E-state index is -0.177. The Bertz CT molecular complexity index is 1160. The summed E-state index contributed by atoms with van der Waals surface area (Å²) in [6, 6.07) is 19.4. The highest BCUT2D eigenvalue weighted by Crippen LogP contribution is 2.39. The molecule has 2 aromatic carbocycles. The van der Waals surface area contributed by atoms with Crippen LogP contribution in [0.1, 0.15) is 88.7 Å². The lowest BCUT2D eigenvalue weighted by atomic mass is 9.94. The van der Waals surface area contributed by atoms with Crippen molar-refractivity contribution in [3.63, 3.8) is 0 Å². The summed E-state index contributed by atoms with van der Waals surface area (Å²) >= 11 is 1.57. The van der Waals surface area contributed by atoms with Crippen LogP contribution in [-0.2, 0) is 12.8 Å². The fraction of sp³-hybridized carbons (Fsp3) is 0.419. The Morgan fingerprint density at radius 3 is 2.27 bits per heavy atom. The Labute approximate surface area is 225 Å². The van der Waals surface area contributed by atoms with Gasteiger partial charge in [0.15, 0.2) is 0 Å². The average molecular weight is 518 g/mol. The third-order valence-electron chi connectivity index (χ3n) is 7.28. The van der Waals surface area contributed by atoms with Crippen LogP contribution in [0.2, 0.25) is 0 Å². The molecule has 6 heteroatoms. The van der Waals surface area contributed by atoms with Crippen LogP contribution in [-0.4, -0.2) is 36.3 Å². The molecule has 2 amide bonds. The fourth-order valence-corrected chi connectivity index (χ4v) is 6.40. The molecule has 196 valence electrons. The predicted molar refractivity (Wildman–Crippen MR) is 154 cm³/mol. The van der Waals surface area contributed by atoms with E-state index in [0.29, 0.717) is 16.1 Å². The van der Waals surface area contributed by atoms with E-state index in [4.69, 9.17) is 0 Å². The van der Waals surface area contributed by atoms with Crippen molar-refractivity contribution in [2.24, 2.45) is 0 Å². The van der Waals surface area contributed by atoms with Gasteiger partial charge in [-0.3, -0.25) is 9.59 Å². The third-order valence-corrected chi connectivity index (χ3v) is 8.49. The Balaban J connectivity index is 1.54. The molecule has 0 radical (unpaired) electrons. The molecule has 1 atom stereocenters. The third kappa shape index (κ3) is 7.08. The molecule has 37 heavy (non-hydrogen) atoms. The van der Waals surface area contributed by atoms with Gasteiger partial charge in [-0.1, -0.05) is 62.4 Å². The molecule has 0 unspecified atom stereocenters. The lowest BCUT2D eigenvalue weighted by Crippen LogP contribution is -2.30. The maximum Gasteiger partial charge on any atom is 0.256 e. The number of nitrogens with one attached hydrogen (secondary N) is 2. The van der Waals surface area contributed by atoms with Crippen LogP contribution in [0, 0.1) is 0 Å². The van der Waals surface area contributed by atoms with Crippen molar-refractivity contribution in [1.29, 1.82) is 0 Å². The summed E-state index contributed by atoms with van der Waals surface area (Å²) in [5.41, 5.74) is 3.49. The van der Waals surface area contributed by atoms with Crippen molar-refractivity contribution in [1.82, 2.24) is 10.2 Å². The zero-order chi connectivity index (χ0) is 26.0. The van der Waals surface area contributed by atoms with E-state index in [2.05, 4.69) is 41.5 Å². The minimum absolute atomic E-state index is 0.0674. The average Bonchev–Trinajstić information content (AvgIpc) is 3.31. The summed E-state index contributed by atoms with van der Waals surface area (Å²) in [4.78, 5) is 30.5. The molecule has 0 spiro atoms. The largest absolute Gasteiger partial charge is 0.345 e. The topological polar surface area (TPSA) is 61.4 Å². The maximum absolute atomic E-state index is 13.9. The number of unbranched alkanes of at least 4 members (excludes halogenated alkanes) is 1. The van der Waals surface area contributed by atoms with Gasteiger partial charge in [0.1, 0.15) is 5.00 Å². The summed E-state index contributed by atoms with van der Waals surface area (Å²) < 4.78 is 0. The van der Waals surface area contributed by atoms with E-state index < -0.39 is 0 Å². The van der Waals surface area contributed by atoms with Gasteiger partial charge >= 0.3 is 0 Å². The highest BCUT2D eigenvalue weighted by atomic mass is 32.1. The van der Waals surface area contributed by atoms with E-state index in [1.165, 1.54) is 4.88 Å². The molecule has 0 saturated carbocycles. The smallest absolute Gasteiger partial charge is 0.256 e. The van der Waals surface area contributed by atoms with Crippen LogP contribution in [0.15, 0.2) is 60.7 Å². The van der Waals surface area contributed by atoms with E-state index in [-0.39, 0.29) is 17.9 Å². The van der Waals surface area contributed by atoms with E-state index >= 15 is 0 Å². The second-order valence-electron chi connectivity index (χ2n) is 9.69. The standard InChI is InChI=1S/C31H39N3O2S/c1-3-34(4-2)22-14-13-20-26(23-15-7-5-8-16-23)32-30(36)28-25-19-11-12-21-27(25)37-31(28)33-29(35)24-17-9-6-10-18-24/h5-10,15-18,26H,3-4,11-14,19-22H2,1-2H3,(H,32,36)(H,33,35)/t26-/m0/s1. The molecule has 4 rings (SSSR count). The Morgan fingerprint density at radius 1 is 0.892 bits per heavy atom. The summed E-state index contributed by atoms with van der Waals surface area (Å²) in [7, 11) is 0. The molecule has 1 heterocycles. The lowest BCUT2D eigenvalue weighted by Gasteiger charge is -2.22. The first kappa shape index (κ1) is 27.1. The highest BCUT2D eigenvalue weighted by Gasteiger charge is 2.28. The van der Waals surface area contributed by atoms with Crippen LogP contribution in [0.4, 0.5) is 5.00 Å². The number of hydrogen-bond acceptors (Lipinski definition) is 4. The molecule has 5 nitrogen and oxygen atoms in total. The van der Waals surface area contributed by atoms with Gasteiger partial charge in [-0.25, -0.2) is 0 Å². The maximum atomic E-state index is 13.9. The number of fused-ring (bicyclic) bond motifs is 1. The molecule has 0 fully saturated rings. The van der Waals surface area contributed by atoms with Gasteiger partial charge in [-0.2, -0.15) is 0 Å². The van der Waals surface area contributed by atoms with E-state index in [9.17, 15) is 9.59 Å². The number of rotatable bonds is 12. The van der Waals surface area contributed by atoms with E-state index in [1.54, 1.807) is 23.5 Å². The number of nitrogens with zero attached hydrogens (tertiary/aromatic N) is 1. The van der Waals surface area contributed by atoms with Crippen molar-refractivity contribution in [2.75, 3.05) is 25.0 Å². The second kappa shape index (κ2) is 13.5. The molecular formula is C31H39N3O2S. The summed E-state index contributed by atoms with van der Waals surface area (Å²) in [6.45, 7) is 7.61. The van der Waals surface area contributed by atoms with Gasteiger partial charge in [0.2, 0.25) is 0 Å². The van der Waals surface area contributed by atoms with Crippen LogP contribution < -0.4 is 10.6 Å². The van der Waals surface area contributed by atoms with Crippen LogP contribution in [0.25, 0.3) is 0 Å². The monoisotopic (exact) mass is 517 g/mol. The number of amides is 2. The highest BCUT2D eigenvalue weighted by molar-refractivity contribution is 7.17. The number of benzene rings is 2. The van der Waals surface area contributed by atoms with Crippen LogP contribution in [0.5, 0.6) is 0 Å². The van der Waals surface area contributed by atoms with Crippen molar-refractivity contribution < 1.29 is 9.59 Å². The number of hydrogen-bond donors (Lipinski definition) is 2. The van der Waals surface area contributed by atoms with E-state index in [1.807, 2.05) is 36.4 Å². The fourth-order valence-electron chi connectivity index (χ4n) is 5.12. The van der Waals surface area contributed by atoms with Gasteiger partial charge in [0.25, 0.3) is 11.8 Å². The molecule has 2 N–H and O–H groups in total. The van der Waals surface area contributed by atoms with Crippen molar-refractivity contribution in [2.45, 2.75) is 64.8 Å². The zero-order valence-electron chi connectivity index (χ0n) is 22.1. The quantitative estimate of drug-likeness (QED) is 0.258. The number of anilines is 1. The SMILES string of the molecule is CCN(CC)CCCC[C@H](NC(=O)c1c(NC(=O)c2ccccc2)sc2c1CCCC2)c1ccccc1. The first-order valence-electron chi connectivity index (χ1n) is 13.7. The second-order valence-corrected chi connectivity index (χ2v) is 10.8. The lowest BCUT2D eigenvalue weighted by molar-refractivity contribution is 0.0934. The molecule has 3 aromatic rings. The molecule has 0 saturated heterocycles. The molecule has 1 aliphatic rings. The van der Waals surface area contributed by atoms with Crippen LogP contribution >= 0.6 is 11.3 Å². The summed E-state index contributed by atoms with van der Waals surface area (Å²) in [5, 5.41) is 7.10. The number of carbonyl (C=O) groups excluding carboxylic acids is 2. The Kier molecular flexibility index (Phi) is 9.92. The number of thiophene rings is 1. The Hall–Kier alpha value is -2.96. The van der Waals surface area contributed by atoms with Crippen molar-refractivity contribution in [3.8, 4) is 0 Å². The van der Waals surface area contributed by atoms with Gasteiger partial charge in [0.05, 0.1) is 11.6 Å². The number of carbonyl (C=O) groups is 2. The van der Waals surface area contributed by atoms with E-state index in [0.717, 1.165) is 75.7 Å². The van der Waals surface area contributed by atoms with Crippen LogP contribution in [0.3, 0.4) is 0 Å². The molecule has 1 aromatic heterocycles. The first-order valence-corrected chi connectivity index (χ1v) is 14.5. The summed E-state index contributed by atoms with van der Waals surface area (Å²) in [6.07, 6.45) is 7.08. The van der Waals surface area contributed by atoms with Crippen molar-refractivity contribution in [3.05, 3.63) is 87.8 Å². The minimum Gasteiger partial charge on any atom is -0.345 e. The van der Waals surface area contributed by atoms with Gasteiger partial charge < -0.3 is 15.5 Å². The number of aryl methyl sites for hydroxylation is 1. The molecule has 0 bridgehead atoms.